The third kappa shape index (κ3) is 1.66. The van der Waals surface area contributed by atoms with Crippen LogP contribution in [0.2, 0.25) is 0 Å². The highest BCUT2D eigenvalue weighted by Crippen LogP contribution is 2.45. The Morgan fingerprint density at radius 2 is 1.36 bits per heavy atom. The number of fused-ring (bicyclic) bond motifs is 1. The molecule has 0 atom stereocenters. The molecule has 130 valence electrons. The number of hydrogen-bond acceptors (Lipinski definition) is 2. The highest BCUT2D eigenvalue weighted by atomic mass is 16.5. The van der Waals surface area contributed by atoms with Crippen molar-refractivity contribution in [2.75, 3.05) is 0 Å². The minimum absolute atomic E-state index is 0.178. The van der Waals surface area contributed by atoms with Crippen LogP contribution in [0.3, 0.4) is 0 Å². The zero-order valence-corrected chi connectivity index (χ0v) is 14.9. The Labute approximate surface area is 161 Å². The SMILES string of the molecule is c1ccc(OB2c3cccc4c3-n3c5c(cccc5c5cccc2c53)O4)cc1. The van der Waals surface area contributed by atoms with Gasteiger partial charge in [0, 0.05) is 10.8 Å². The monoisotopic (exact) mass is 359 g/mol. The molecule has 3 nitrogen and oxygen atoms in total. The van der Waals surface area contributed by atoms with Crippen LogP contribution in [0.15, 0.2) is 84.9 Å². The molecule has 2 aliphatic rings. The second-order valence-electron chi connectivity index (χ2n) is 7.34. The van der Waals surface area contributed by atoms with Gasteiger partial charge in [0.2, 0.25) is 0 Å². The Hall–Kier alpha value is -3.66. The highest BCUT2D eigenvalue weighted by molar-refractivity contribution is 6.84. The maximum atomic E-state index is 6.53. The van der Waals surface area contributed by atoms with Gasteiger partial charge in [-0.05, 0) is 35.2 Å². The van der Waals surface area contributed by atoms with Crippen molar-refractivity contribution >= 4 is 39.6 Å². The molecule has 0 aliphatic carbocycles. The fourth-order valence-electron chi connectivity index (χ4n) is 4.75. The van der Waals surface area contributed by atoms with Gasteiger partial charge in [0.05, 0.1) is 22.5 Å². The Kier molecular flexibility index (Phi) is 2.57. The lowest BCUT2D eigenvalue weighted by Crippen LogP contribution is -2.52. The number of para-hydroxylation sites is 4. The molecule has 28 heavy (non-hydrogen) atoms. The average molecular weight is 359 g/mol. The van der Waals surface area contributed by atoms with Crippen molar-refractivity contribution in [3.8, 4) is 22.9 Å². The maximum Gasteiger partial charge on any atom is 0.430 e. The summed E-state index contributed by atoms with van der Waals surface area (Å²) < 4.78 is 15.2. The van der Waals surface area contributed by atoms with Crippen molar-refractivity contribution in [1.82, 2.24) is 4.57 Å². The van der Waals surface area contributed by atoms with Gasteiger partial charge in [0.15, 0.2) is 11.5 Å². The van der Waals surface area contributed by atoms with Crippen molar-refractivity contribution in [2.45, 2.75) is 0 Å². The molecule has 0 unspecified atom stereocenters. The predicted octanol–water partition coefficient (Wildman–Crippen LogP) is 4.39. The van der Waals surface area contributed by atoms with Crippen LogP contribution in [-0.2, 0) is 0 Å². The fraction of sp³-hybridized carbons (Fsp3) is 0. The first-order chi connectivity index (χ1) is 13.9. The molecule has 0 amide bonds. The van der Waals surface area contributed by atoms with Crippen molar-refractivity contribution in [2.24, 2.45) is 0 Å². The minimum atomic E-state index is -0.178. The summed E-state index contributed by atoms with van der Waals surface area (Å²) in [6.45, 7) is -0.178. The highest BCUT2D eigenvalue weighted by Gasteiger charge is 2.39. The smallest absolute Gasteiger partial charge is 0.430 e. The van der Waals surface area contributed by atoms with Crippen LogP contribution < -0.4 is 20.3 Å². The van der Waals surface area contributed by atoms with E-state index in [9.17, 15) is 0 Å². The van der Waals surface area contributed by atoms with E-state index in [1.807, 2.05) is 42.5 Å². The van der Waals surface area contributed by atoms with Gasteiger partial charge >= 0.3 is 6.92 Å². The van der Waals surface area contributed by atoms with Crippen LogP contribution >= 0.6 is 0 Å². The van der Waals surface area contributed by atoms with Gasteiger partial charge in [-0.3, -0.25) is 0 Å². The van der Waals surface area contributed by atoms with Gasteiger partial charge in [-0.2, -0.15) is 0 Å². The van der Waals surface area contributed by atoms with Gasteiger partial charge in [-0.15, -0.1) is 0 Å². The number of hydrogen-bond donors (Lipinski definition) is 0. The molecule has 5 aromatic rings. The molecule has 0 saturated carbocycles. The van der Waals surface area contributed by atoms with Crippen LogP contribution in [0.5, 0.6) is 17.2 Å². The molecule has 1 aromatic heterocycles. The lowest BCUT2D eigenvalue weighted by Gasteiger charge is -2.30. The lowest BCUT2D eigenvalue weighted by atomic mass is 9.53. The standard InChI is InChI=1S/C24H14BNO2/c1-2-7-15(8-3-1)28-25-18-11-4-9-16-17-10-5-13-20-23(17)26(22(16)18)24-19(25)12-6-14-21(24)27-20/h1-14H. The van der Waals surface area contributed by atoms with Crippen molar-refractivity contribution in [3.63, 3.8) is 0 Å². The minimum Gasteiger partial charge on any atom is -0.551 e. The van der Waals surface area contributed by atoms with Crippen molar-refractivity contribution in [3.05, 3.63) is 84.9 Å². The summed E-state index contributed by atoms with van der Waals surface area (Å²) in [4.78, 5) is 0. The van der Waals surface area contributed by atoms with Crippen molar-refractivity contribution in [1.29, 1.82) is 0 Å². The Bertz CT molecular complexity index is 1420. The first kappa shape index (κ1) is 14.4. The molecule has 0 bridgehead atoms. The van der Waals surface area contributed by atoms with Crippen molar-refractivity contribution < 1.29 is 9.39 Å². The fourth-order valence-corrected chi connectivity index (χ4v) is 4.75. The molecule has 0 saturated heterocycles. The zero-order chi connectivity index (χ0) is 18.2. The van der Waals surface area contributed by atoms with Gasteiger partial charge in [0.1, 0.15) is 0 Å². The van der Waals surface area contributed by atoms with Crippen LogP contribution in [0, 0.1) is 0 Å². The topological polar surface area (TPSA) is 23.4 Å². The number of benzene rings is 4. The van der Waals surface area contributed by atoms with E-state index in [0.29, 0.717) is 0 Å². The summed E-state index contributed by atoms with van der Waals surface area (Å²) in [5, 5.41) is 2.46. The predicted molar refractivity (Wildman–Crippen MR) is 113 cm³/mol. The number of rotatable bonds is 2. The average Bonchev–Trinajstić information content (AvgIpc) is 3.09. The van der Waals surface area contributed by atoms with Crippen LogP contribution in [0.25, 0.3) is 27.5 Å². The molecule has 3 heterocycles. The van der Waals surface area contributed by atoms with E-state index in [4.69, 9.17) is 9.39 Å². The van der Waals surface area contributed by atoms with Crippen LogP contribution in [-0.4, -0.2) is 11.5 Å². The van der Waals surface area contributed by atoms with Gasteiger partial charge in [-0.1, -0.05) is 60.7 Å². The van der Waals surface area contributed by atoms with E-state index < -0.39 is 0 Å². The number of ether oxygens (including phenoxy) is 1. The van der Waals surface area contributed by atoms with Crippen LogP contribution in [0.1, 0.15) is 0 Å². The summed E-state index contributed by atoms with van der Waals surface area (Å²) in [5.41, 5.74) is 5.78. The van der Waals surface area contributed by atoms with E-state index in [1.165, 1.54) is 21.8 Å². The molecule has 0 radical (unpaired) electrons. The van der Waals surface area contributed by atoms with Crippen LogP contribution in [0.4, 0.5) is 0 Å². The largest absolute Gasteiger partial charge is 0.551 e. The maximum absolute atomic E-state index is 6.53. The zero-order valence-electron chi connectivity index (χ0n) is 14.9. The second kappa shape index (κ2) is 4.99. The first-order valence-electron chi connectivity index (χ1n) is 9.49. The molecular formula is C24H14BNO2. The molecule has 0 fully saturated rings. The Morgan fingerprint density at radius 1 is 0.643 bits per heavy atom. The third-order valence-corrected chi connectivity index (χ3v) is 5.84. The molecule has 4 heteroatoms. The van der Waals surface area contributed by atoms with E-state index >= 15 is 0 Å². The van der Waals surface area contributed by atoms with E-state index in [1.54, 1.807) is 0 Å². The molecule has 0 N–H and O–H groups in total. The third-order valence-electron chi connectivity index (χ3n) is 5.84. The summed E-state index contributed by atoms with van der Waals surface area (Å²) >= 11 is 0. The normalized spacial score (nSPS) is 13.2. The molecular weight excluding hydrogens is 345 g/mol. The second-order valence-corrected chi connectivity index (χ2v) is 7.34. The summed E-state index contributed by atoms with van der Waals surface area (Å²) in [6, 6.07) is 29.1. The van der Waals surface area contributed by atoms with Gasteiger partial charge in [0.25, 0.3) is 0 Å². The first-order valence-corrected chi connectivity index (χ1v) is 9.49. The number of aromatic nitrogens is 1. The summed E-state index contributed by atoms with van der Waals surface area (Å²) in [5.74, 6) is 2.65. The van der Waals surface area contributed by atoms with Gasteiger partial charge < -0.3 is 14.0 Å². The van der Waals surface area contributed by atoms with E-state index in [2.05, 4.69) is 47.0 Å². The molecule has 7 rings (SSSR count). The summed E-state index contributed by atoms with van der Waals surface area (Å²) in [7, 11) is 0. The number of nitrogens with zero attached hydrogens (tertiary/aromatic N) is 1. The van der Waals surface area contributed by atoms with E-state index in [0.717, 1.165) is 33.9 Å². The lowest BCUT2D eigenvalue weighted by molar-refractivity contribution is 0.476. The molecule has 4 aromatic carbocycles. The molecule has 2 aliphatic heterocycles. The molecule has 0 spiro atoms. The Balaban J connectivity index is 1.64. The van der Waals surface area contributed by atoms with E-state index in [-0.39, 0.29) is 6.92 Å². The quantitative estimate of drug-likeness (QED) is 0.428. The van der Waals surface area contributed by atoms with Gasteiger partial charge in [-0.25, -0.2) is 0 Å². The summed E-state index contributed by atoms with van der Waals surface area (Å²) in [6.07, 6.45) is 0. The Morgan fingerprint density at radius 3 is 2.25 bits per heavy atom.